The molecule has 110 valence electrons. The van der Waals surface area contributed by atoms with Gasteiger partial charge in [-0.05, 0) is 43.3 Å². The largest absolute Gasteiger partial charge is 0.494 e. The van der Waals surface area contributed by atoms with E-state index in [-0.39, 0.29) is 12.5 Å². The second kappa shape index (κ2) is 7.44. The van der Waals surface area contributed by atoms with E-state index in [1.165, 1.54) is 0 Å². The SMILES string of the molecule is CCOc1ccc(OCC(=O)Nc2ccc(=S)[nH]c2)cc1. The molecule has 0 atom stereocenters. The third-order valence-corrected chi connectivity index (χ3v) is 2.83. The summed E-state index contributed by atoms with van der Waals surface area (Å²) in [6.07, 6.45) is 1.64. The first kappa shape index (κ1) is 15.1. The predicted octanol–water partition coefficient (Wildman–Crippen LogP) is 3.16. The maximum absolute atomic E-state index is 11.7. The van der Waals surface area contributed by atoms with Gasteiger partial charge in [-0.15, -0.1) is 0 Å². The Balaban J connectivity index is 1.83. The highest BCUT2D eigenvalue weighted by atomic mass is 32.1. The summed E-state index contributed by atoms with van der Waals surface area (Å²) in [6, 6.07) is 10.6. The lowest BCUT2D eigenvalue weighted by Gasteiger charge is -2.08. The van der Waals surface area contributed by atoms with Crippen LogP contribution in [0.2, 0.25) is 0 Å². The van der Waals surface area contributed by atoms with Crippen LogP contribution in [0.4, 0.5) is 5.69 Å². The molecule has 6 heteroatoms. The van der Waals surface area contributed by atoms with E-state index in [1.54, 1.807) is 42.6 Å². The van der Waals surface area contributed by atoms with Crippen molar-refractivity contribution in [3.63, 3.8) is 0 Å². The Bertz CT molecular complexity index is 632. The van der Waals surface area contributed by atoms with Crippen molar-refractivity contribution in [3.8, 4) is 11.5 Å². The Labute approximate surface area is 127 Å². The molecule has 1 aromatic heterocycles. The zero-order chi connectivity index (χ0) is 15.1. The molecule has 1 aromatic carbocycles. The van der Waals surface area contributed by atoms with Crippen molar-refractivity contribution in [2.24, 2.45) is 0 Å². The molecule has 1 heterocycles. The van der Waals surface area contributed by atoms with Crippen molar-refractivity contribution in [3.05, 3.63) is 47.2 Å². The number of aromatic nitrogens is 1. The van der Waals surface area contributed by atoms with E-state index in [4.69, 9.17) is 21.7 Å². The van der Waals surface area contributed by atoms with Crippen LogP contribution in [0.1, 0.15) is 6.92 Å². The molecule has 0 aliphatic rings. The Morgan fingerprint density at radius 2 is 1.81 bits per heavy atom. The molecule has 21 heavy (non-hydrogen) atoms. The highest BCUT2D eigenvalue weighted by Gasteiger charge is 2.04. The second-order valence-corrected chi connectivity index (χ2v) is 4.62. The van der Waals surface area contributed by atoms with E-state index in [0.717, 1.165) is 5.75 Å². The van der Waals surface area contributed by atoms with Crippen LogP contribution in [0.5, 0.6) is 11.5 Å². The topological polar surface area (TPSA) is 63.4 Å². The van der Waals surface area contributed by atoms with Gasteiger partial charge in [-0.25, -0.2) is 0 Å². The molecule has 2 aromatic rings. The third-order valence-electron chi connectivity index (χ3n) is 2.57. The quantitative estimate of drug-likeness (QED) is 0.805. The number of rotatable bonds is 6. The fraction of sp³-hybridized carbons (Fsp3) is 0.200. The van der Waals surface area contributed by atoms with Crippen LogP contribution >= 0.6 is 12.2 Å². The highest BCUT2D eigenvalue weighted by Crippen LogP contribution is 2.17. The number of benzene rings is 1. The molecule has 0 unspecified atom stereocenters. The van der Waals surface area contributed by atoms with Crippen LogP contribution in [0.25, 0.3) is 0 Å². The number of hydrogen-bond donors (Lipinski definition) is 2. The van der Waals surface area contributed by atoms with E-state index in [9.17, 15) is 4.79 Å². The van der Waals surface area contributed by atoms with Gasteiger partial charge in [0.25, 0.3) is 5.91 Å². The van der Waals surface area contributed by atoms with Gasteiger partial charge in [-0.2, -0.15) is 0 Å². The third kappa shape index (κ3) is 4.92. The van der Waals surface area contributed by atoms with E-state index in [1.807, 2.05) is 6.92 Å². The van der Waals surface area contributed by atoms with Crippen molar-refractivity contribution in [1.29, 1.82) is 0 Å². The summed E-state index contributed by atoms with van der Waals surface area (Å²) in [5.74, 6) is 1.14. The molecular weight excluding hydrogens is 288 g/mol. The number of ether oxygens (including phenoxy) is 2. The number of nitrogens with one attached hydrogen (secondary N) is 2. The molecule has 0 bridgehead atoms. The standard InChI is InChI=1S/C15H16N2O3S/c1-2-19-12-4-6-13(7-5-12)20-10-14(18)17-11-3-8-15(21)16-9-11/h3-9H,2,10H2,1H3,(H,16,21)(H,17,18). The molecule has 0 saturated heterocycles. The van der Waals surface area contributed by atoms with Crippen molar-refractivity contribution in [1.82, 2.24) is 4.98 Å². The van der Waals surface area contributed by atoms with Crippen molar-refractivity contribution >= 4 is 23.8 Å². The number of pyridine rings is 1. The highest BCUT2D eigenvalue weighted by molar-refractivity contribution is 7.71. The smallest absolute Gasteiger partial charge is 0.262 e. The molecule has 0 aliphatic heterocycles. The molecule has 0 fully saturated rings. The lowest BCUT2D eigenvalue weighted by atomic mass is 10.3. The summed E-state index contributed by atoms with van der Waals surface area (Å²) < 4.78 is 11.3. The van der Waals surface area contributed by atoms with E-state index >= 15 is 0 Å². The summed E-state index contributed by atoms with van der Waals surface area (Å²) in [6.45, 7) is 2.47. The van der Waals surface area contributed by atoms with E-state index < -0.39 is 0 Å². The lowest BCUT2D eigenvalue weighted by molar-refractivity contribution is -0.118. The molecule has 0 radical (unpaired) electrons. The number of anilines is 1. The molecule has 0 spiro atoms. The molecule has 0 saturated carbocycles. The molecule has 1 amide bonds. The van der Waals surface area contributed by atoms with Crippen LogP contribution in [0, 0.1) is 4.64 Å². The monoisotopic (exact) mass is 304 g/mol. The van der Waals surface area contributed by atoms with Gasteiger partial charge in [0.05, 0.1) is 12.3 Å². The maximum Gasteiger partial charge on any atom is 0.262 e. The van der Waals surface area contributed by atoms with Crippen molar-refractivity contribution < 1.29 is 14.3 Å². The Hall–Kier alpha value is -2.34. The Kier molecular flexibility index (Phi) is 5.34. The minimum absolute atomic E-state index is 0.0659. The molecular formula is C15H16N2O3S. The normalized spacial score (nSPS) is 9.95. The van der Waals surface area contributed by atoms with E-state index in [2.05, 4.69) is 10.3 Å². The number of aromatic amines is 1. The van der Waals surface area contributed by atoms with Gasteiger partial charge in [-0.3, -0.25) is 4.79 Å². The molecule has 5 nitrogen and oxygen atoms in total. The van der Waals surface area contributed by atoms with Gasteiger partial charge in [0.15, 0.2) is 6.61 Å². The van der Waals surface area contributed by atoms with Crippen molar-refractivity contribution in [2.45, 2.75) is 6.92 Å². The van der Waals surface area contributed by atoms with Gasteiger partial charge in [0.1, 0.15) is 16.1 Å². The first-order chi connectivity index (χ1) is 10.2. The fourth-order valence-electron chi connectivity index (χ4n) is 1.63. The maximum atomic E-state index is 11.7. The predicted molar refractivity (Wildman–Crippen MR) is 83.4 cm³/mol. The van der Waals surface area contributed by atoms with Crippen LogP contribution in [0.3, 0.4) is 0 Å². The first-order valence-electron chi connectivity index (χ1n) is 6.51. The van der Waals surface area contributed by atoms with Gasteiger partial charge in [0, 0.05) is 6.20 Å². The number of carbonyl (C=O) groups is 1. The van der Waals surface area contributed by atoms with Gasteiger partial charge >= 0.3 is 0 Å². The van der Waals surface area contributed by atoms with Gasteiger partial charge < -0.3 is 19.8 Å². The number of H-pyrrole nitrogens is 1. The molecule has 0 aliphatic carbocycles. The zero-order valence-corrected chi connectivity index (χ0v) is 12.4. The average Bonchev–Trinajstić information content (AvgIpc) is 2.49. The number of carbonyl (C=O) groups excluding carboxylic acids is 1. The summed E-state index contributed by atoms with van der Waals surface area (Å²) in [7, 11) is 0. The summed E-state index contributed by atoms with van der Waals surface area (Å²) >= 11 is 4.93. The lowest BCUT2D eigenvalue weighted by Crippen LogP contribution is -2.20. The Morgan fingerprint density at radius 3 is 2.38 bits per heavy atom. The Morgan fingerprint density at radius 1 is 1.14 bits per heavy atom. The molecule has 2 N–H and O–H groups in total. The summed E-state index contributed by atoms with van der Waals surface area (Å²) in [5.41, 5.74) is 0.642. The minimum atomic E-state index is -0.241. The average molecular weight is 304 g/mol. The first-order valence-corrected chi connectivity index (χ1v) is 6.92. The summed E-state index contributed by atoms with van der Waals surface area (Å²) in [5, 5.41) is 2.70. The van der Waals surface area contributed by atoms with Gasteiger partial charge in [0.2, 0.25) is 0 Å². The van der Waals surface area contributed by atoms with Crippen molar-refractivity contribution in [2.75, 3.05) is 18.5 Å². The zero-order valence-electron chi connectivity index (χ0n) is 11.6. The number of hydrogen-bond acceptors (Lipinski definition) is 4. The molecule has 2 rings (SSSR count). The number of amides is 1. The minimum Gasteiger partial charge on any atom is -0.494 e. The van der Waals surface area contributed by atoms with Crippen LogP contribution < -0.4 is 14.8 Å². The fourth-order valence-corrected chi connectivity index (χ4v) is 1.76. The van der Waals surface area contributed by atoms with Crippen LogP contribution in [0.15, 0.2) is 42.6 Å². The second-order valence-electron chi connectivity index (χ2n) is 4.18. The van der Waals surface area contributed by atoms with E-state index in [0.29, 0.717) is 22.7 Å². The van der Waals surface area contributed by atoms with Crippen LogP contribution in [-0.4, -0.2) is 24.1 Å². The van der Waals surface area contributed by atoms with Crippen LogP contribution in [-0.2, 0) is 4.79 Å². The van der Waals surface area contributed by atoms with Gasteiger partial charge in [-0.1, -0.05) is 12.2 Å². The summed E-state index contributed by atoms with van der Waals surface area (Å²) in [4.78, 5) is 14.6.